The van der Waals surface area contributed by atoms with E-state index in [0.29, 0.717) is 17.1 Å². The predicted molar refractivity (Wildman–Crippen MR) is 95.4 cm³/mol. The summed E-state index contributed by atoms with van der Waals surface area (Å²) in [5.74, 6) is 0.194. The summed E-state index contributed by atoms with van der Waals surface area (Å²) in [5, 5.41) is 10.3. The van der Waals surface area contributed by atoms with Gasteiger partial charge in [0.2, 0.25) is 0 Å². The number of hydrogen-bond donors (Lipinski definition) is 1. The normalized spacial score (nSPS) is 15.5. The van der Waals surface area contributed by atoms with E-state index in [1.54, 1.807) is 24.4 Å². The Labute approximate surface area is 142 Å². The van der Waals surface area contributed by atoms with Crippen LogP contribution in [0.15, 0.2) is 47.5 Å². The molecule has 0 bridgehead atoms. The van der Waals surface area contributed by atoms with Crippen molar-refractivity contribution in [3.8, 4) is 5.75 Å². The topological polar surface area (TPSA) is 35.8 Å². The molecule has 23 heavy (non-hydrogen) atoms. The minimum atomic E-state index is 0.194. The third-order valence-corrected chi connectivity index (χ3v) is 4.36. The average Bonchev–Trinajstić information content (AvgIpc) is 3.05. The third-order valence-electron chi connectivity index (χ3n) is 4.12. The lowest BCUT2D eigenvalue weighted by Gasteiger charge is -2.14. The van der Waals surface area contributed by atoms with E-state index < -0.39 is 0 Å². The van der Waals surface area contributed by atoms with Crippen molar-refractivity contribution >= 4 is 17.8 Å². The quantitative estimate of drug-likeness (QED) is 0.832. The number of phenolic OH excluding ortho intramolecular Hbond substituents is 1. The lowest BCUT2D eigenvalue weighted by Crippen LogP contribution is -2.18. The van der Waals surface area contributed by atoms with Gasteiger partial charge in [-0.2, -0.15) is 0 Å². The Bertz CT molecular complexity index is 676. The molecule has 4 heteroatoms. The number of hydrogen-bond acceptors (Lipinski definition) is 3. The van der Waals surface area contributed by atoms with Crippen molar-refractivity contribution in [1.82, 2.24) is 4.90 Å². The number of rotatable bonds is 5. The Kier molecular flexibility index (Phi) is 5.31. The summed E-state index contributed by atoms with van der Waals surface area (Å²) in [6.45, 7) is 4.07. The van der Waals surface area contributed by atoms with Gasteiger partial charge in [-0.15, -0.1) is 0 Å². The van der Waals surface area contributed by atoms with E-state index in [9.17, 15) is 5.11 Å². The van der Waals surface area contributed by atoms with Crippen LogP contribution in [0.4, 0.5) is 0 Å². The van der Waals surface area contributed by atoms with Crippen molar-refractivity contribution in [2.45, 2.75) is 25.9 Å². The van der Waals surface area contributed by atoms with Crippen LogP contribution in [-0.4, -0.2) is 29.3 Å². The molecule has 0 spiro atoms. The van der Waals surface area contributed by atoms with E-state index in [0.717, 1.165) is 12.1 Å². The van der Waals surface area contributed by atoms with Gasteiger partial charge in [0.1, 0.15) is 5.75 Å². The Balaban J connectivity index is 1.57. The van der Waals surface area contributed by atoms with E-state index >= 15 is 0 Å². The maximum atomic E-state index is 9.75. The van der Waals surface area contributed by atoms with Gasteiger partial charge in [0.15, 0.2) is 0 Å². The van der Waals surface area contributed by atoms with E-state index in [1.807, 2.05) is 0 Å². The molecule has 1 saturated heterocycles. The van der Waals surface area contributed by atoms with Gasteiger partial charge in [-0.3, -0.25) is 9.89 Å². The van der Waals surface area contributed by atoms with Crippen molar-refractivity contribution in [1.29, 1.82) is 0 Å². The summed E-state index contributed by atoms with van der Waals surface area (Å²) < 4.78 is 0. The van der Waals surface area contributed by atoms with Gasteiger partial charge in [0, 0.05) is 23.3 Å². The number of phenols is 1. The predicted octanol–water partition coefficient (Wildman–Crippen LogP) is 4.26. The van der Waals surface area contributed by atoms with Crippen LogP contribution < -0.4 is 0 Å². The molecule has 0 aliphatic carbocycles. The highest BCUT2D eigenvalue weighted by Gasteiger charge is 2.11. The summed E-state index contributed by atoms with van der Waals surface area (Å²) in [7, 11) is 0. The van der Waals surface area contributed by atoms with Gasteiger partial charge >= 0.3 is 0 Å². The molecule has 0 saturated carbocycles. The maximum absolute atomic E-state index is 9.75. The first-order valence-electron chi connectivity index (χ1n) is 7.99. The molecular weight excluding hydrogens is 308 g/mol. The standard InChI is InChI=1S/C19H21ClN2O/c20-18-7-8-19(23)17(11-18)13-21-12-15-3-5-16(6-4-15)14-22-9-1-2-10-22/h3-8,11,13,23H,1-2,9-10,12,14H2. The van der Waals surface area contributed by atoms with Crippen LogP contribution in [0.25, 0.3) is 0 Å². The fourth-order valence-corrected chi connectivity index (χ4v) is 3.01. The average molecular weight is 329 g/mol. The molecule has 3 nitrogen and oxygen atoms in total. The minimum Gasteiger partial charge on any atom is -0.507 e. The first-order chi connectivity index (χ1) is 11.2. The highest BCUT2D eigenvalue weighted by molar-refractivity contribution is 6.30. The molecule has 120 valence electrons. The lowest BCUT2D eigenvalue weighted by molar-refractivity contribution is 0.331. The van der Waals surface area contributed by atoms with Crippen LogP contribution in [0.3, 0.4) is 0 Å². The zero-order valence-electron chi connectivity index (χ0n) is 13.1. The molecule has 1 aliphatic rings. The van der Waals surface area contributed by atoms with Crippen molar-refractivity contribution in [2.75, 3.05) is 13.1 Å². The summed E-state index contributed by atoms with van der Waals surface area (Å²) in [6, 6.07) is 13.6. The molecule has 2 aromatic carbocycles. The van der Waals surface area contributed by atoms with Crippen LogP contribution in [0, 0.1) is 0 Å². The minimum absolute atomic E-state index is 0.194. The molecule has 0 aromatic heterocycles. The zero-order valence-corrected chi connectivity index (χ0v) is 13.8. The molecule has 0 unspecified atom stereocenters. The summed E-state index contributed by atoms with van der Waals surface area (Å²) in [6.07, 6.45) is 4.31. The van der Waals surface area contributed by atoms with E-state index in [-0.39, 0.29) is 5.75 Å². The largest absolute Gasteiger partial charge is 0.507 e. The second-order valence-electron chi connectivity index (χ2n) is 5.97. The zero-order chi connectivity index (χ0) is 16.1. The molecule has 0 radical (unpaired) electrons. The van der Waals surface area contributed by atoms with Crippen LogP contribution in [0.2, 0.25) is 5.02 Å². The molecule has 0 amide bonds. The van der Waals surface area contributed by atoms with Crippen LogP contribution in [-0.2, 0) is 13.1 Å². The Morgan fingerprint density at radius 2 is 1.74 bits per heavy atom. The van der Waals surface area contributed by atoms with Crippen molar-refractivity contribution in [2.24, 2.45) is 4.99 Å². The second kappa shape index (κ2) is 7.62. The molecular formula is C19H21ClN2O. The number of likely N-dealkylation sites (tertiary alicyclic amines) is 1. The van der Waals surface area contributed by atoms with Gasteiger partial charge in [-0.25, -0.2) is 0 Å². The number of nitrogens with zero attached hydrogens (tertiary/aromatic N) is 2. The van der Waals surface area contributed by atoms with Gasteiger partial charge in [0.05, 0.1) is 6.54 Å². The van der Waals surface area contributed by atoms with Gasteiger partial charge in [-0.1, -0.05) is 35.9 Å². The highest BCUT2D eigenvalue weighted by Crippen LogP contribution is 2.20. The van der Waals surface area contributed by atoms with Crippen molar-refractivity contribution in [3.05, 3.63) is 64.2 Å². The summed E-state index contributed by atoms with van der Waals surface area (Å²) in [4.78, 5) is 6.89. The van der Waals surface area contributed by atoms with Gasteiger partial charge in [-0.05, 0) is 55.3 Å². The fraction of sp³-hybridized carbons (Fsp3) is 0.316. The molecule has 1 N–H and O–H groups in total. The SMILES string of the molecule is Oc1ccc(Cl)cc1C=NCc1ccc(CN2CCCC2)cc1. The molecule has 3 rings (SSSR count). The smallest absolute Gasteiger partial charge is 0.124 e. The van der Waals surface area contributed by atoms with Crippen LogP contribution >= 0.6 is 11.6 Å². The fourth-order valence-electron chi connectivity index (χ4n) is 2.83. The third kappa shape index (κ3) is 4.57. The van der Waals surface area contributed by atoms with Crippen molar-refractivity contribution in [3.63, 3.8) is 0 Å². The number of benzene rings is 2. The Hall–Kier alpha value is -1.84. The first-order valence-corrected chi connectivity index (χ1v) is 8.37. The first kappa shape index (κ1) is 16.0. The Morgan fingerprint density at radius 3 is 2.48 bits per heavy atom. The van der Waals surface area contributed by atoms with Gasteiger partial charge < -0.3 is 5.11 Å². The van der Waals surface area contributed by atoms with Crippen LogP contribution in [0.5, 0.6) is 5.75 Å². The van der Waals surface area contributed by atoms with Crippen LogP contribution in [0.1, 0.15) is 29.5 Å². The lowest BCUT2D eigenvalue weighted by atomic mass is 10.1. The monoisotopic (exact) mass is 328 g/mol. The number of aliphatic imine (C=N–C) groups is 1. The van der Waals surface area contributed by atoms with Crippen molar-refractivity contribution < 1.29 is 5.11 Å². The Morgan fingerprint density at radius 1 is 1.04 bits per heavy atom. The molecule has 1 aliphatic heterocycles. The van der Waals surface area contributed by atoms with E-state index in [2.05, 4.69) is 34.2 Å². The summed E-state index contributed by atoms with van der Waals surface area (Å²) >= 11 is 5.92. The second-order valence-corrected chi connectivity index (χ2v) is 6.41. The maximum Gasteiger partial charge on any atom is 0.124 e. The summed E-state index contributed by atoms with van der Waals surface area (Å²) in [5.41, 5.74) is 3.16. The van der Waals surface area contributed by atoms with E-state index in [1.165, 1.54) is 31.5 Å². The molecule has 0 atom stereocenters. The highest BCUT2D eigenvalue weighted by atomic mass is 35.5. The van der Waals surface area contributed by atoms with Gasteiger partial charge in [0.25, 0.3) is 0 Å². The molecule has 1 fully saturated rings. The molecule has 1 heterocycles. The number of halogens is 1. The molecule has 2 aromatic rings. The van der Waals surface area contributed by atoms with E-state index in [4.69, 9.17) is 11.6 Å². The number of aromatic hydroxyl groups is 1.